The van der Waals surface area contributed by atoms with Crippen LogP contribution in [0.3, 0.4) is 0 Å². The molecule has 52 valence electrons. The van der Waals surface area contributed by atoms with E-state index in [1.54, 1.807) is 0 Å². The molecule has 6 nitrogen and oxygen atoms in total. The van der Waals surface area contributed by atoms with Crippen molar-refractivity contribution in [1.29, 1.82) is 0 Å². The molecule has 0 aliphatic rings. The number of hydrogen-bond acceptors (Lipinski definition) is 5. The van der Waals surface area contributed by atoms with Crippen LogP contribution < -0.4 is 0 Å². The minimum absolute atomic E-state index is 5.03. The molecule has 0 saturated carbocycles. The Hall–Kier alpha value is 0.220. The van der Waals surface area contributed by atoms with Crippen molar-refractivity contribution < 1.29 is 27.7 Å². The van der Waals surface area contributed by atoms with Crippen molar-refractivity contribution in [3.63, 3.8) is 0 Å². The topological polar surface area (TPSA) is 115 Å². The second-order valence-electron chi connectivity index (χ2n) is 1.05. The van der Waals surface area contributed by atoms with Crippen molar-refractivity contribution >= 4 is 16.9 Å². The van der Waals surface area contributed by atoms with Crippen LogP contribution in [-0.2, 0) is 9.74 Å². The maximum absolute atomic E-state index is 9.52. The summed E-state index contributed by atoms with van der Waals surface area (Å²) >= 11 is 0. The van der Waals surface area contributed by atoms with Gasteiger partial charge in [0.05, 0.1) is 0 Å². The van der Waals surface area contributed by atoms with Crippen LogP contribution in [0.4, 0.5) is 0 Å². The van der Waals surface area contributed by atoms with Gasteiger partial charge >= 0.3 is 44.5 Å². The van der Waals surface area contributed by atoms with E-state index in [0.717, 1.165) is 0 Å². The third-order valence-electron chi connectivity index (χ3n) is 0.346. The normalized spacial score (nSPS) is 16.0. The molecular formula is H5O6PS. The average molecular weight is 164 g/mol. The van der Waals surface area contributed by atoms with Gasteiger partial charge in [-0.1, -0.05) is 0 Å². The van der Waals surface area contributed by atoms with Gasteiger partial charge in [0, 0.05) is 0 Å². The van der Waals surface area contributed by atoms with Crippen LogP contribution in [0.25, 0.3) is 0 Å². The fraction of sp³-hybridized carbons (Fsp3) is 0. The van der Waals surface area contributed by atoms with Gasteiger partial charge in [-0.05, 0) is 0 Å². The summed E-state index contributed by atoms with van der Waals surface area (Å²) in [5.74, 6) is 0. The van der Waals surface area contributed by atoms with E-state index in [9.17, 15) is 8.42 Å². The minimum atomic E-state index is -5.33. The van der Waals surface area contributed by atoms with Crippen molar-refractivity contribution in [3.05, 3.63) is 0 Å². The van der Waals surface area contributed by atoms with Crippen LogP contribution in [0, 0.1) is 0 Å². The Morgan fingerprint density at radius 1 is 1.12 bits per heavy atom. The standard InChI is InChI=1S/H5O6PS/c1-7(2,3)8(4,5)6/h1-3,7H,(H,4,5,6). The van der Waals surface area contributed by atoms with Crippen LogP contribution >= 0.6 is 7.15 Å². The van der Waals surface area contributed by atoms with Crippen molar-refractivity contribution in [1.82, 2.24) is 0 Å². The molecule has 4 N–H and O–H groups in total. The van der Waals surface area contributed by atoms with Crippen molar-refractivity contribution in [2.75, 3.05) is 0 Å². The molecule has 0 aromatic heterocycles. The Labute approximate surface area is 45.5 Å². The molecule has 8 heteroatoms. The Morgan fingerprint density at radius 2 is 1.25 bits per heavy atom. The quantitative estimate of drug-likeness (QED) is 0.270. The summed E-state index contributed by atoms with van der Waals surface area (Å²) in [6.07, 6.45) is 0. The second-order valence-corrected chi connectivity index (χ2v) is 6.34. The average Bonchev–Trinajstić information content (AvgIpc) is 1.25. The summed E-state index contributed by atoms with van der Waals surface area (Å²) in [6, 6.07) is 0. The van der Waals surface area contributed by atoms with E-state index < -0.39 is 16.9 Å². The molecule has 0 atom stereocenters. The Kier molecular flexibility index (Phi) is 1.92. The van der Waals surface area contributed by atoms with Crippen LogP contribution in [0.15, 0.2) is 0 Å². The molecule has 0 fully saturated rings. The molecule has 0 bridgehead atoms. The summed E-state index contributed by atoms with van der Waals surface area (Å²) < 4.78 is 26.7. The van der Waals surface area contributed by atoms with Gasteiger partial charge in [-0.25, -0.2) is 0 Å². The van der Waals surface area contributed by atoms with Gasteiger partial charge in [0.15, 0.2) is 0 Å². The zero-order valence-electron chi connectivity index (χ0n) is 3.51. The van der Waals surface area contributed by atoms with Crippen LogP contribution in [-0.4, -0.2) is 27.7 Å². The Morgan fingerprint density at radius 3 is 1.25 bits per heavy atom. The van der Waals surface area contributed by atoms with E-state index in [-0.39, 0.29) is 0 Å². The molecule has 0 saturated heterocycles. The van der Waals surface area contributed by atoms with Gasteiger partial charge in [-0.3, -0.25) is 0 Å². The Bertz CT molecular complexity index is 157. The van der Waals surface area contributed by atoms with Gasteiger partial charge in [0.1, 0.15) is 0 Å². The molecule has 0 aromatic rings. The van der Waals surface area contributed by atoms with E-state index in [1.165, 1.54) is 0 Å². The fourth-order valence-electron chi connectivity index (χ4n) is 0. The summed E-state index contributed by atoms with van der Waals surface area (Å²) in [4.78, 5) is 23.3. The molecule has 0 unspecified atom stereocenters. The predicted octanol–water partition coefficient (Wildman–Crippen LogP) is -1.74. The summed E-state index contributed by atoms with van der Waals surface area (Å²) in [7, 11) is -10.4. The number of hydrogen-bond donors (Lipinski definition) is 4. The molecule has 0 amide bonds. The molecule has 0 aromatic carbocycles. The molecule has 0 radical (unpaired) electrons. The van der Waals surface area contributed by atoms with Gasteiger partial charge < -0.3 is 0 Å². The van der Waals surface area contributed by atoms with Crippen molar-refractivity contribution in [3.8, 4) is 0 Å². The third-order valence-corrected chi connectivity index (χ3v) is 3.11. The van der Waals surface area contributed by atoms with E-state index in [0.29, 0.717) is 0 Å². The SMILES string of the molecule is O=S(=O)(O)[PH](O)(O)O. The van der Waals surface area contributed by atoms with E-state index in [2.05, 4.69) is 0 Å². The number of rotatable bonds is 1. The first-order chi connectivity index (χ1) is 3.25. The first kappa shape index (κ1) is 8.22. The van der Waals surface area contributed by atoms with Gasteiger partial charge in [0.2, 0.25) is 0 Å². The molecule has 0 aliphatic carbocycles. The molecule has 0 heterocycles. The molecule has 8 heavy (non-hydrogen) atoms. The van der Waals surface area contributed by atoms with Crippen LogP contribution in [0.1, 0.15) is 0 Å². The third kappa shape index (κ3) is 1.99. The maximum atomic E-state index is 9.52. The van der Waals surface area contributed by atoms with Gasteiger partial charge in [-0.2, -0.15) is 0 Å². The van der Waals surface area contributed by atoms with E-state index in [4.69, 9.17) is 19.2 Å². The molecule has 0 rings (SSSR count). The molecule has 0 aliphatic heterocycles. The predicted molar refractivity (Wildman–Crippen MR) is 26.5 cm³/mol. The summed E-state index contributed by atoms with van der Waals surface area (Å²) in [6.45, 7) is 0. The van der Waals surface area contributed by atoms with E-state index >= 15 is 0 Å². The fourth-order valence-corrected chi connectivity index (χ4v) is 0. The second kappa shape index (κ2) is 1.87. The van der Waals surface area contributed by atoms with Crippen molar-refractivity contribution in [2.45, 2.75) is 0 Å². The van der Waals surface area contributed by atoms with Gasteiger partial charge in [0.25, 0.3) is 0 Å². The first-order valence-electron chi connectivity index (χ1n) is 1.39. The van der Waals surface area contributed by atoms with Crippen LogP contribution in [0.5, 0.6) is 0 Å². The van der Waals surface area contributed by atoms with Crippen LogP contribution in [0.2, 0.25) is 0 Å². The summed E-state index contributed by atoms with van der Waals surface area (Å²) in [5, 5.41) is 0. The first-order valence-corrected chi connectivity index (χ1v) is 5.40. The van der Waals surface area contributed by atoms with Crippen molar-refractivity contribution in [2.24, 2.45) is 0 Å². The van der Waals surface area contributed by atoms with E-state index in [1.807, 2.05) is 0 Å². The Balaban J connectivity index is 4.53. The summed E-state index contributed by atoms with van der Waals surface area (Å²) in [5.41, 5.74) is 0. The monoisotopic (exact) mass is 164 g/mol. The zero-order valence-corrected chi connectivity index (χ0v) is 5.33. The molecule has 0 spiro atoms. The van der Waals surface area contributed by atoms with Gasteiger partial charge in [-0.15, -0.1) is 0 Å². The molecular weight excluding hydrogens is 159 g/mol. The zero-order chi connectivity index (χ0) is 7.00.